The van der Waals surface area contributed by atoms with Crippen molar-refractivity contribution in [1.29, 1.82) is 0 Å². The van der Waals surface area contributed by atoms with E-state index in [0.717, 1.165) is 42.0 Å². The summed E-state index contributed by atoms with van der Waals surface area (Å²) in [7, 11) is 1.63. The number of hydrogen-bond donors (Lipinski definition) is 2. The molecule has 1 aromatic heterocycles. The topological polar surface area (TPSA) is 70.0 Å². The average molecular weight is 417 g/mol. The summed E-state index contributed by atoms with van der Waals surface area (Å²) in [6.45, 7) is 0. The molecule has 0 bridgehead atoms. The van der Waals surface area contributed by atoms with Crippen LogP contribution in [0.5, 0.6) is 11.6 Å². The molecule has 0 amide bonds. The Labute approximate surface area is 145 Å². The summed E-state index contributed by atoms with van der Waals surface area (Å²) in [5, 5.41) is 21.3. The van der Waals surface area contributed by atoms with Gasteiger partial charge in [0.05, 0.1) is 12.8 Å². The highest BCUT2D eigenvalue weighted by molar-refractivity contribution is 14.1. The number of hydrogen-bond acceptors (Lipinski definition) is 4. The second kappa shape index (κ2) is 5.38. The van der Waals surface area contributed by atoms with E-state index in [0.29, 0.717) is 0 Å². The maximum atomic E-state index is 10.2. The van der Waals surface area contributed by atoms with E-state index in [1.54, 1.807) is 7.11 Å². The number of methoxy groups -OCH3 is 1. The van der Waals surface area contributed by atoms with Gasteiger partial charge in [-0.1, -0.05) is 6.07 Å². The molecule has 114 valence electrons. The fraction of sp³-hybridized carbons (Fsp3) is 0.0588. The van der Waals surface area contributed by atoms with Gasteiger partial charge in [-0.3, -0.25) is 0 Å². The third-order valence-corrected chi connectivity index (χ3v) is 4.62. The summed E-state index contributed by atoms with van der Waals surface area (Å²) in [6, 6.07) is 11.6. The molecule has 1 aliphatic heterocycles. The van der Waals surface area contributed by atoms with E-state index in [2.05, 4.69) is 37.8 Å². The summed E-state index contributed by atoms with van der Waals surface area (Å²) in [5.41, 5.74) is 2.44. The van der Waals surface area contributed by atoms with Crippen molar-refractivity contribution in [2.75, 3.05) is 7.11 Å². The zero-order chi connectivity index (χ0) is 16.0. The molecule has 0 saturated carbocycles. The minimum atomic E-state index is 0.136. The van der Waals surface area contributed by atoms with Gasteiger partial charge in [0.1, 0.15) is 9.45 Å². The van der Waals surface area contributed by atoms with Crippen LogP contribution in [-0.2, 0) is 0 Å². The maximum Gasteiger partial charge on any atom is 0.196 e. The van der Waals surface area contributed by atoms with Crippen molar-refractivity contribution < 1.29 is 9.84 Å². The Bertz CT molecular complexity index is 1080. The van der Waals surface area contributed by atoms with Crippen molar-refractivity contribution in [3.63, 3.8) is 0 Å². The van der Waals surface area contributed by atoms with E-state index in [1.165, 1.54) is 0 Å². The number of H-pyrrole nitrogens is 1. The Hall–Kier alpha value is -2.35. The lowest BCUT2D eigenvalue weighted by Crippen LogP contribution is -2.07. The van der Waals surface area contributed by atoms with E-state index >= 15 is 0 Å². The molecule has 5 nitrogen and oxygen atoms in total. The van der Waals surface area contributed by atoms with Crippen LogP contribution in [0.1, 0.15) is 5.56 Å². The Morgan fingerprint density at radius 1 is 1.17 bits per heavy atom. The van der Waals surface area contributed by atoms with Gasteiger partial charge in [-0.15, -0.1) is 10.2 Å². The van der Waals surface area contributed by atoms with E-state index in [-0.39, 0.29) is 5.88 Å². The standard InChI is InChI=1S/C17H12IN3O2/c1-23-10-3-5-14-12(8-10)13(17(22)19-14)6-9-2-4-11-15(7-9)20-21-16(11)18/h2-8,19,22H,1H3/b9-6+. The van der Waals surface area contributed by atoms with Crippen LogP contribution in [0.15, 0.2) is 46.6 Å². The van der Waals surface area contributed by atoms with Crippen molar-refractivity contribution in [3.05, 3.63) is 52.4 Å². The second-order valence-electron chi connectivity index (χ2n) is 5.21. The average Bonchev–Trinajstić information content (AvgIpc) is 3.08. The summed E-state index contributed by atoms with van der Waals surface area (Å²) >= 11 is 2.17. The predicted molar refractivity (Wildman–Crippen MR) is 97.7 cm³/mol. The van der Waals surface area contributed by atoms with Crippen LogP contribution in [-0.4, -0.2) is 17.2 Å². The largest absolute Gasteiger partial charge is 0.497 e. The highest BCUT2D eigenvalue weighted by atomic mass is 127. The van der Waals surface area contributed by atoms with Gasteiger partial charge in [-0.2, -0.15) is 0 Å². The van der Waals surface area contributed by atoms with Gasteiger partial charge >= 0.3 is 0 Å². The van der Waals surface area contributed by atoms with Gasteiger partial charge in [0, 0.05) is 21.7 Å². The van der Waals surface area contributed by atoms with E-state index in [4.69, 9.17) is 4.74 Å². The molecular formula is C17H12IN3O2. The Kier molecular flexibility index (Phi) is 3.33. The Balaban J connectivity index is 1.93. The van der Waals surface area contributed by atoms with E-state index < -0.39 is 0 Å². The van der Waals surface area contributed by atoms with Gasteiger partial charge in [0.15, 0.2) is 5.88 Å². The number of halogens is 1. The van der Waals surface area contributed by atoms with E-state index in [9.17, 15) is 5.11 Å². The highest BCUT2D eigenvalue weighted by Gasteiger charge is 2.10. The number of azo groups is 1. The van der Waals surface area contributed by atoms with Crippen LogP contribution in [0, 0.1) is 0 Å². The zero-order valence-electron chi connectivity index (χ0n) is 12.2. The van der Waals surface area contributed by atoms with Crippen LogP contribution in [0.2, 0.25) is 0 Å². The summed E-state index contributed by atoms with van der Waals surface area (Å²) in [4.78, 5) is 2.98. The van der Waals surface area contributed by atoms with Crippen molar-refractivity contribution in [2.45, 2.75) is 0 Å². The smallest absolute Gasteiger partial charge is 0.196 e. The first kappa shape index (κ1) is 14.3. The number of nitrogens with one attached hydrogen (secondary N) is 1. The first-order valence-corrected chi connectivity index (χ1v) is 8.05. The fourth-order valence-corrected chi connectivity index (χ4v) is 3.23. The second-order valence-corrected chi connectivity index (χ2v) is 6.23. The Morgan fingerprint density at radius 3 is 2.87 bits per heavy atom. The summed E-state index contributed by atoms with van der Waals surface area (Å²) in [5.74, 6) is 0.884. The first-order chi connectivity index (χ1) is 11.2. The number of aromatic amines is 1. The lowest BCUT2D eigenvalue weighted by molar-refractivity contribution is 0.415. The maximum absolute atomic E-state index is 10.2. The number of ether oxygens (including phenoxy) is 1. The first-order valence-electron chi connectivity index (χ1n) is 6.98. The zero-order valence-corrected chi connectivity index (χ0v) is 14.3. The molecule has 0 atom stereocenters. The lowest BCUT2D eigenvalue weighted by Gasteiger charge is -1.99. The quantitative estimate of drug-likeness (QED) is 0.496. The van der Waals surface area contributed by atoms with Crippen LogP contribution in [0.4, 0.5) is 5.69 Å². The molecule has 2 aromatic carbocycles. The molecule has 4 rings (SSSR count). The summed E-state index contributed by atoms with van der Waals surface area (Å²) in [6.07, 6.45) is 1.93. The molecule has 3 aromatic rings. The summed E-state index contributed by atoms with van der Waals surface area (Å²) < 4.78 is 6.16. The number of rotatable bonds is 2. The predicted octanol–water partition coefficient (Wildman–Crippen LogP) is 3.31. The van der Waals surface area contributed by atoms with Gasteiger partial charge < -0.3 is 14.8 Å². The third-order valence-electron chi connectivity index (χ3n) is 3.83. The molecule has 2 heterocycles. The number of fused-ring (bicyclic) bond motifs is 2. The third kappa shape index (κ3) is 2.39. The van der Waals surface area contributed by atoms with E-state index in [1.807, 2.05) is 42.5 Å². The van der Waals surface area contributed by atoms with Crippen molar-refractivity contribution in [3.8, 4) is 11.6 Å². The van der Waals surface area contributed by atoms with Gasteiger partial charge in [0.25, 0.3) is 0 Å². The molecule has 2 N–H and O–H groups in total. The minimum Gasteiger partial charge on any atom is -0.497 e. The molecule has 0 radical (unpaired) electrons. The number of nitrogens with zero attached hydrogens (tertiary/aromatic N) is 2. The number of aromatic nitrogens is 1. The molecule has 0 aliphatic carbocycles. The van der Waals surface area contributed by atoms with Crippen LogP contribution < -0.4 is 15.2 Å². The highest BCUT2D eigenvalue weighted by Crippen LogP contribution is 2.30. The number of aromatic hydroxyl groups is 1. The van der Waals surface area contributed by atoms with Gasteiger partial charge in [0.2, 0.25) is 0 Å². The lowest BCUT2D eigenvalue weighted by atomic mass is 10.1. The van der Waals surface area contributed by atoms with Crippen LogP contribution in [0.3, 0.4) is 0 Å². The van der Waals surface area contributed by atoms with Crippen LogP contribution >= 0.6 is 22.6 Å². The van der Waals surface area contributed by atoms with Gasteiger partial charge in [-0.25, -0.2) is 0 Å². The molecule has 0 unspecified atom stereocenters. The molecule has 0 saturated heterocycles. The molecule has 23 heavy (non-hydrogen) atoms. The van der Waals surface area contributed by atoms with Crippen molar-refractivity contribution in [1.82, 2.24) is 4.98 Å². The Morgan fingerprint density at radius 2 is 2.04 bits per heavy atom. The normalized spacial score (nSPS) is 13.8. The molecular weight excluding hydrogens is 405 g/mol. The SMILES string of the molecule is COc1ccc2[nH]c(O)c(/C=c3\ccc4c(c3)N=NC=4I)c2c1. The number of benzene rings is 2. The molecule has 6 heteroatoms. The molecule has 1 aliphatic rings. The molecule has 0 spiro atoms. The fourth-order valence-electron chi connectivity index (χ4n) is 2.66. The monoisotopic (exact) mass is 417 g/mol. The van der Waals surface area contributed by atoms with Crippen molar-refractivity contribution >= 4 is 49.0 Å². The molecule has 0 fully saturated rings. The minimum absolute atomic E-state index is 0.136. The van der Waals surface area contributed by atoms with Crippen LogP contribution in [0.25, 0.3) is 20.7 Å². The van der Waals surface area contributed by atoms with Crippen molar-refractivity contribution in [2.24, 2.45) is 10.2 Å². The van der Waals surface area contributed by atoms with Gasteiger partial charge in [-0.05, 0) is 64.2 Å².